The zero-order valence-electron chi connectivity index (χ0n) is 15.4. The largest absolute Gasteiger partial charge is 0.497 e. The van der Waals surface area contributed by atoms with Gasteiger partial charge in [-0.15, -0.1) is 0 Å². The molecule has 0 aliphatic carbocycles. The highest BCUT2D eigenvalue weighted by molar-refractivity contribution is 5.77. The van der Waals surface area contributed by atoms with Crippen molar-refractivity contribution in [2.75, 3.05) is 13.7 Å². The van der Waals surface area contributed by atoms with Crippen LogP contribution in [0.1, 0.15) is 11.3 Å². The van der Waals surface area contributed by atoms with Gasteiger partial charge in [0.05, 0.1) is 30.6 Å². The second-order valence-electron chi connectivity index (χ2n) is 6.04. The fourth-order valence-corrected chi connectivity index (χ4v) is 2.49. The molecule has 9 heteroatoms. The van der Waals surface area contributed by atoms with Crippen molar-refractivity contribution in [1.82, 2.24) is 15.1 Å². The van der Waals surface area contributed by atoms with Gasteiger partial charge in [0.15, 0.2) is 6.61 Å². The van der Waals surface area contributed by atoms with E-state index in [2.05, 4.69) is 10.4 Å². The Morgan fingerprint density at radius 3 is 2.55 bits per heavy atom. The summed E-state index contributed by atoms with van der Waals surface area (Å²) in [6.07, 6.45) is -2.72. The van der Waals surface area contributed by atoms with E-state index in [0.717, 1.165) is 23.6 Å². The van der Waals surface area contributed by atoms with Gasteiger partial charge in [0, 0.05) is 6.20 Å². The number of amides is 1. The molecular formula is C20H18F3N3O3. The number of nitrogens with one attached hydrogen (secondary N) is 1. The van der Waals surface area contributed by atoms with Crippen molar-refractivity contribution in [3.05, 3.63) is 72.1 Å². The number of nitrogens with zero attached hydrogens (tertiary/aromatic N) is 2. The first-order chi connectivity index (χ1) is 13.8. The van der Waals surface area contributed by atoms with Crippen LogP contribution < -0.4 is 14.8 Å². The topological polar surface area (TPSA) is 65.4 Å². The maximum absolute atomic E-state index is 12.7. The Bertz CT molecular complexity index is 969. The quantitative estimate of drug-likeness (QED) is 0.653. The zero-order chi connectivity index (χ0) is 20.9. The van der Waals surface area contributed by atoms with Crippen molar-refractivity contribution in [2.24, 2.45) is 0 Å². The van der Waals surface area contributed by atoms with Crippen molar-refractivity contribution in [3.63, 3.8) is 0 Å². The van der Waals surface area contributed by atoms with E-state index < -0.39 is 24.3 Å². The first-order valence-electron chi connectivity index (χ1n) is 8.61. The number of hydrogen-bond acceptors (Lipinski definition) is 4. The van der Waals surface area contributed by atoms with E-state index in [9.17, 15) is 18.0 Å². The lowest BCUT2D eigenvalue weighted by Gasteiger charge is -2.10. The standard InChI is InChI=1S/C20H18F3N3O3/c1-28-17-7-5-16(6-8-17)26-10-9-15(25-26)12-24-19(27)13-29-18-4-2-3-14(11-18)20(21,22)23/h2-11H,12-13H2,1H3,(H,24,27). The number of alkyl halides is 3. The lowest BCUT2D eigenvalue weighted by Crippen LogP contribution is -2.28. The van der Waals surface area contributed by atoms with Crippen molar-refractivity contribution >= 4 is 5.91 Å². The highest BCUT2D eigenvalue weighted by Crippen LogP contribution is 2.31. The molecule has 0 bridgehead atoms. The van der Waals surface area contributed by atoms with Gasteiger partial charge in [-0.3, -0.25) is 4.79 Å². The molecule has 29 heavy (non-hydrogen) atoms. The van der Waals surface area contributed by atoms with Gasteiger partial charge in [-0.2, -0.15) is 18.3 Å². The summed E-state index contributed by atoms with van der Waals surface area (Å²) in [5.74, 6) is 0.231. The van der Waals surface area contributed by atoms with Crippen LogP contribution >= 0.6 is 0 Å². The molecule has 2 aromatic carbocycles. The van der Waals surface area contributed by atoms with E-state index in [4.69, 9.17) is 9.47 Å². The average molecular weight is 405 g/mol. The first-order valence-corrected chi connectivity index (χ1v) is 8.61. The summed E-state index contributed by atoms with van der Waals surface area (Å²) in [6.45, 7) is -0.242. The van der Waals surface area contributed by atoms with Gasteiger partial charge in [0.25, 0.3) is 5.91 Å². The highest BCUT2D eigenvalue weighted by Gasteiger charge is 2.30. The Morgan fingerprint density at radius 1 is 1.10 bits per heavy atom. The van der Waals surface area contributed by atoms with Gasteiger partial charge in [0.1, 0.15) is 11.5 Å². The number of methoxy groups -OCH3 is 1. The Morgan fingerprint density at radius 2 is 1.86 bits per heavy atom. The fraction of sp³-hybridized carbons (Fsp3) is 0.200. The van der Waals surface area contributed by atoms with Crippen LogP contribution in [0.3, 0.4) is 0 Å². The van der Waals surface area contributed by atoms with E-state index in [1.165, 1.54) is 12.1 Å². The molecule has 1 aromatic heterocycles. The summed E-state index contributed by atoms with van der Waals surface area (Å²) < 4.78 is 50.0. The van der Waals surface area contributed by atoms with E-state index >= 15 is 0 Å². The zero-order valence-corrected chi connectivity index (χ0v) is 15.4. The number of ether oxygens (including phenoxy) is 2. The Hall–Kier alpha value is -3.49. The molecule has 0 spiro atoms. The third-order valence-corrected chi connectivity index (χ3v) is 3.98. The summed E-state index contributed by atoms with van der Waals surface area (Å²) in [6, 6.07) is 13.4. The average Bonchev–Trinajstić information content (AvgIpc) is 3.19. The molecule has 6 nitrogen and oxygen atoms in total. The third kappa shape index (κ3) is 5.50. The predicted octanol–water partition coefficient (Wildman–Crippen LogP) is 3.59. The van der Waals surface area contributed by atoms with E-state index in [0.29, 0.717) is 5.69 Å². The van der Waals surface area contributed by atoms with Crippen LogP contribution in [0.15, 0.2) is 60.8 Å². The van der Waals surface area contributed by atoms with Crippen LogP contribution in [0.4, 0.5) is 13.2 Å². The number of carbonyl (C=O) groups is 1. The lowest BCUT2D eigenvalue weighted by atomic mass is 10.2. The molecule has 1 N–H and O–H groups in total. The van der Waals surface area contributed by atoms with Crippen LogP contribution in [-0.4, -0.2) is 29.4 Å². The van der Waals surface area contributed by atoms with Crippen molar-refractivity contribution in [1.29, 1.82) is 0 Å². The molecule has 0 radical (unpaired) electrons. The van der Waals surface area contributed by atoms with Crippen LogP contribution in [-0.2, 0) is 17.5 Å². The molecule has 152 valence electrons. The van der Waals surface area contributed by atoms with E-state index in [1.54, 1.807) is 24.1 Å². The molecule has 0 unspecified atom stereocenters. The molecule has 0 saturated heterocycles. The molecule has 1 amide bonds. The van der Waals surface area contributed by atoms with Crippen LogP contribution in [0.5, 0.6) is 11.5 Å². The third-order valence-electron chi connectivity index (χ3n) is 3.98. The molecule has 3 rings (SSSR count). The Labute approximate surface area is 164 Å². The highest BCUT2D eigenvalue weighted by atomic mass is 19.4. The second-order valence-corrected chi connectivity index (χ2v) is 6.04. The molecule has 1 heterocycles. The number of halogens is 3. The molecule has 0 aliphatic rings. The minimum absolute atomic E-state index is 0.0289. The molecule has 3 aromatic rings. The molecule has 0 atom stereocenters. The van der Waals surface area contributed by atoms with Gasteiger partial charge in [-0.05, 0) is 48.5 Å². The summed E-state index contributed by atoms with van der Waals surface area (Å²) in [4.78, 5) is 11.9. The Kier molecular flexibility index (Phi) is 6.06. The summed E-state index contributed by atoms with van der Waals surface area (Å²) in [5, 5.41) is 6.98. The maximum Gasteiger partial charge on any atom is 0.416 e. The minimum Gasteiger partial charge on any atom is -0.497 e. The molecular weight excluding hydrogens is 387 g/mol. The summed E-state index contributed by atoms with van der Waals surface area (Å²) >= 11 is 0. The van der Waals surface area contributed by atoms with Gasteiger partial charge < -0.3 is 14.8 Å². The SMILES string of the molecule is COc1ccc(-n2ccc(CNC(=O)COc3cccc(C(F)(F)F)c3)n2)cc1. The summed E-state index contributed by atoms with van der Waals surface area (Å²) in [5.41, 5.74) is 0.615. The van der Waals surface area contributed by atoms with Crippen molar-refractivity contribution in [3.8, 4) is 17.2 Å². The lowest BCUT2D eigenvalue weighted by molar-refractivity contribution is -0.137. The predicted molar refractivity (Wildman–Crippen MR) is 98.9 cm³/mol. The minimum atomic E-state index is -4.47. The van der Waals surface area contributed by atoms with E-state index in [1.807, 2.05) is 24.3 Å². The van der Waals surface area contributed by atoms with Gasteiger partial charge in [-0.25, -0.2) is 4.68 Å². The van der Waals surface area contributed by atoms with Crippen LogP contribution in [0.25, 0.3) is 5.69 Å². The smallest absolute Gasteiger partial charge is 0.416 e. The van der Waals surface area contributed by atoms with Crippen LogP contribution in [0.2, 0.25) is 0 Å². The number of benzene rings is 2. The monoisotopic (exact) mass is 405 g/mol. The number of carbonyl (C=O) groups excluding carboxylic acids is 1. The Balaban J connectivity index is 1.50. The second kappa shape index (κ2) is 8.68. The first kappa shape index (κ1) is 20.2. The number of aromatic nitrogens is 2. The van der Waals surface area contributed by atoms with Gasteiger partial charge >= 0.3 is 6.18 Å². The molecule has 0 saturated carbocycles. The number of hydrogen-bond donors (Lipinski definition) is 1. The van der Waals surface area contributed by atoms with Gasteiger partial charge in [0.2, 0.25) is 0 Å². The fourth-order valence-electron chi connectivity index (χ4n) is 2.49. The van der Waals surface area contributed by atoms with E-state index in [-0.39, 0.29) is 12.3 Å². The van der Waals surface area contributed by atoms with Crippen LogP contribution in [0, 0.1) is 0 Å². The normalized spacial score (nSPS) is 11.2. The molecule has 0 fully saturated rings. The molecule has 0 aliphatic heterocycles. The maximum atomic E-state index is 12.7. The van der Waals surface area contributed by atoms with Crippen molar-refractivity contribution < 1.29 is 27.4 Å². The number of rotatable bonds is 7. The van der Waals surface area contributed by atoms with Crippen molar-refractivity contribution in [2.45, 2.75) is 12.7 Å². The van der Waals surface area contributed by atoms with Gasteiger partial charge in [-0.1, -0.05) is 6.07 Å². The summed E-state index contributed by atoms with van der Waals surface area (Å²) in [7, 11) is 1.58.